The number of benzene rings is 1. The van der Waals surface area contributed by atoms with Gasteiger partial charge in [0.2, 0.25) is 0 Å². The van der Waals surface area contributed by atoms with Gasteiger partial charge < -0.3 is 0 Å². The minimum absolute atomic E-state index is 0.0849. The van der Waals surface area contributed by atoms with Gasteiger partial charge in [0, 0.05) is 16.0 Å². The minimum Gasteiger partial charge on any atom is -0.290 e. The van der Waals surface area contributed by atoms with Gasteiger partial charge in [0.15, 0.2) is 11.2 Å². The summed E-state index contributed by atoms with van der Waals surface area (Å²) in [5.41, 5.74) is -0.612. The molecular formula is C12H6ClIN4O2. The summed E-state index contributed by atoms with van der Waals surface area (Å²) in [5.74, 6) is 0. The van der Waals surface area contributed by atoms with Gasteiger partial charge >= 0.3 is 5.69 Å². The average Bonchev–Trinajstić information content (AvgIpc) is 2.41. The minimum atomic E-state index is -0.605. The second-order valence-electron chi connectivity index (χ2n) is 3.92. The molecule has 1 aromatic carbocycles. The maximum atomic E-state index is 12.4. The third-order valence-corrected chi connectivity index (χ3v) is 3.66. The van der Waals surface area contributed by atoms with E-state index in [1.807, 2.05) is 0 Å². The molecule has 3 rings (SSSR count). The quantitative estimate of drug-likeness (QED) is 0.631. The van der Waals surface area contributed by atoms with Crippen molar-refractivity contribution in [1.82, 2.24) is 19.5 Å². The highest BCUT2D eigenvalue weighted by molar-refractivity contribution is 14.1. The molecule has 0 atom stereocenters. The number of aromatic nitrogens is 4. The SMILES string of the molecule is O=c1[nH]c2nccnc2c(=O)n1-c1ccc(I)cc1Cl. The summed E-state index contributed by atoms with van der Waals surface area (Å²) in [5, 5.41) is 0.313. The largest absolute Gasteiger partial charge is 0.334 e. The molecule has 0 fully saturated rings. The predicted octanol–water partition coefficient (Wildman–Crippen LogP) is 1.73. The summed E-state index contributed by atoms with van der Waals surface area (Å²) < 4.78 is 1.86. The number of halogens is 2. The molecule has 0 bridgehead atoms. The van der Waals surface area contributed by atoms with E-state index in [-0.39, 0.29) is 11.2 Å². The summed E-state index contributed by atoms with van der Waals surface area (Å²) in [6.45, 7) is 0. The van der Waals surface area contributed by atoms with E-state index >= 15 is 0 Å². The topological polar surface area (TPSA) is 80.6 Å². The van der Waals surface area contributed by atoms with Gasteiger partial charge in [0.05, 0.1) is 10.7 Å². The third-order valence-electron chi connectivity index (χ3n) is 2.68. The van der Waals surface area contributed by atoms with Gasteiger partial charge in [0.1, 0.15) is 0 Å². The van der Waals surface area contributed by atoms with Crippen LogP contribution in [-0.2, 0) is 0 Å². The van der Waals surface area contributed by atoms with E-state index in [0.29, 0.717) is 10.7 Å². The van der Waals surface area contributed by atoms with Gasteiger partial charge in [-0.05, 0) is 40.8 Å². The number of nitrogens with one attached hydrogen (secondary N) is 1. The molecule has 0 aliphatic carbocycles. The van der Waals surface area contributed by atoms with Crippen LogP contribution in [0.15, 0.2) is 40.2 Å². The summed E-state index contributed by atoms with van der Waals surface area (Å²) in [4.78, 5) is 34.8. The summed E-state index contributed by atoms with van der Waals surface area (Å²) in [6.07, 6.45) is 2.79. The Bertz CT molecular complexity index is 935. The second kappa shape index (κ2) is 4.98. The van der Waals surface area contributed by atoms with Crippen molar-refractivity contribution in [3.63, 3.8) is 0 Å². The van der Waals surface area contributed by atoms with Crippen molar-refractivity contribution in [2.45, 2.75) is 0 Å². The molecule has 2 heterocycles. The zero-order valence-electron chi connectivity index (χ0n) is 9.80. The van der Waals surface area contributed by atoms with Crippen LogP contribution in [0.25, 0.3) is 16.9 Å². The number of nitrogens with zero attached hydrogens (tertiary/aromatic N) is 3. The Morgan fingerprint density at radius 2 is 1.95 bits per heavy atom. The van der Waals surface area contributed by atoms with Crippen molar-refractivity contribution >= 4 is 45.4 Å². The standard InChI is InChI=1S/C12H6ClIN4O2/c13-7-5-6(14)1-2-8(7)18-11(19)9-10(17-12(18)20)16-4-3-15-9/h1-5H,(H,16,17,20). The molecule has 0 unspecified atom stereocenters. The van der Waals surface area contributed by atoms with E-state index in [1.54, 1.807) is 18.2 Å². The van der Waals surface area contributed by atoms with Crippen LogP contribution in [-0.4, -0.2) is 19.5 Å². The Morgan fingerprint density at radius 3 is 2.70 bits per heavy atom. The number of H-pyrrole nitrogens is 1. The maximum absolute atomic E-state index is 12.4. The van der Waals surface area contributed by atoms with Crippen LogP contribution in [0.1, 0.15) is 0 Å². The number of rotatable bonds is 1. The van der Waals surface area contributed by atoms with E-state index in [9.17, 15) is 9.59 Å². The van der Waals surface area contributed by atoms with Crippen LogP contribution in [0.2, 0.25) is 5.02 Å². The summed E-state index contributed by atoms with van der Waals surface area (Å²) in [6, 6.07) is 5.04. The molecule has 0 amide bonds. The molecule has 0 radical (unpaired) electrons. The Kier molecular flexibility index (Phi) is 3.30. The molecule has 2 aromatic heterocycles. The van der Waals surface area contributed by atoms with E-state index < -0.39 is 11.2 Å². The summed E-state index contributed by atoms with van der Waals surface area (Å²) in [7, 11) is 0. The van der Waals surface area contributed by atoms with Crippen LogP contribution in [0.5, 0.6) is 0 Å². The number of hydrogen-bond acceptors (Lipinski definition) is 4. The highest BCUT2D eigenvalue weighted by Gasteiger charge is 2.13. The lowest BCUT2D eigenvalue weighted by molar-refractivity contribution is 0.888. The van der Waals surface area contributed by atoms with Crippen LogP contribution < -0.4 is 11.2 Å². The molecule has 0 aliphatic heterocycles. The first-order valence-electron chi connectivity index (χ1n) is 5.49. The fourth-order valence-corrected chi connectivity index (χ4v) is 2.76. The Hall–Kier alpha value is -1.74. The van der Waals surface area contributed by atoms with Crippen molar-refractivity contribution in [2.24, 2.45) is 0 Å². The third kappa shape index (κ3) is 2.12. The maximum Gasteiger partial charge on any atom is 0.334 e. The lowest BCUT2D eigenvalue weighted by Gasteiger charge is -2.07. The van der Waals surface area contributed by atoms with Gasteiger partial charge in [-0.3, -0.25) is 9.78 Å². The molecule has 0 spiro atoms. The van der Waals surface area contributed by atoms with Gasteiger partial charge in [-0.1, -0.05) is 11.6 Å². The fraction of sp³-hybridized carbons (Fsp3) is 0. The van der Waals surface area contributed by atoms with Crippen LogP contribution >= 0.6 is 34.2 Å². The molecule has 0 aliphatic rings. The first-order chi connectivity index (χ1) is 9.58. The number of aromatic amines is 1. The summed E-state index contributed by atoms with van der Waals surface area (Å²) >= 11 is 8.20. The van der Waals surface area contributed by atoms with Crippen molar-refractivity contribution in [1.29, 1.82) is 0 Å². The molecular weight excluding hydrogens is 395 g/mol. The van der Waals surface area contributed by atoms with E-state index in [2.05, 4.69) is 37.5 Å². The van der Waals surface area contributed by atoms with E-state index in [0.717, 1.165) is 8.14 Å². The highest BCUT2D eigenvalue weighted by atomic mass is 127. The Balaban J connectivity index is 2.43. The Labute approximate surface area is 130 Å². The van der Waals surface area contributed by atoms with Gasteiger partial charge in [0.25, 0.3) is 5.56 Å². The number of hydrogen-bond donors (Lipinski definition) is 1. The zero-order chi connectivity index (χ0) is 14.3. The smallest absolute Gasteiger partial charge is 0.290 e. The zero-order valence-corrected chi connectivity index (χ0v) is 12.7. The molecule has 6 nitrogen and oxygen atoms in total. The normalized spacial score (nSPS) is 10.9. The van der Waals surface area contributed by atoms with E-state index in [4.69, 9.17) is 11.6 Å². The molecule has 3 aromatic rings. The van der Waals surface area contributed by atoms with Crippen LogP contribution in [0.3, 0.4) is 0 Å². The number of fused-ring (bicyclic) bond motifs is 1. The average molecular weight is 401 g/mol. The van der Waals surface area contributed by atoms with Crippen LogP contribution in [0.4, 0.5) is 0 Å². The van der Waals surface area contributed by atoms with Crippen molar-refractivity contribution in [3.8, 4) is 5.69 Å². The van der Waals surface area contributed by atoms with Gasteiger partial charge in [-0.25, -0.2) is 19.3 Å². The molecule has 8 heteroatoms. The lowest BCUT2D eigenvalue weighted by Crippen LogP contribution is -2.34. The predicted molar refractivity (Wildman–Crippen MR) is 83.5 cm³/mol. The van der Waals surface area contributed by atoms with Crippen LogP contribution in [0, 0.1) is 3.57 Å². The lowest BCUT2D eigenvalue weighted by atomic mass is 10.3. The van der Waals surface area contributed by atoms with E-state index in [1.165, 1.54) is 12.4 Å². The monoisotopic (exact) mass is 400 g/mol. The molecule has 20 heavy (non-hydrogen) atoms. The van der Waals surface area contributed by atoms with Crippen molar-refractivity contribution in [2.75, 3.05) is 0 Å². The van der Waals surface area contributed by atoms with Gasteiger partial charge in [-0.2, -0.15) is 0 Å². The van der Waals surface area contributed by atoms with Gasteiger partial charge in [-0.15, -0.1) is 0 Å². The first kappa shape index (κ1) is 13.3. The molecule has 0 saturated heterocycles. The molecule has 100 valence electrons. The van der Waals surface area contributed by atoms with Crippen molar-refractivity contribution in [3.05, 3.63) is 60.0 Å². The van der Waals surface area contributed by atoms with Crippen molar-refractivity contribution < 1.29 is 0 Å². The molecule has 1 N–H and O–H groups in total. The Morgan fingerprint density at radius 1 is 1.20 bits per heavy atom. The fourth-order valence-electron chi connectivity index (χ4n) is 1.82. The molecule has 0 saturated carbocycles. The highest BCUT2D eigenvalue weighted by Crippen LogP contribution is 2.20. The second-order valence-corrected chi connectivity index (χ2v) is 5.57. The first-order valence-corrected chi connectivity index (χ1v) is 6.95.